The first-order valence-corrected chi connectivity index (χ1v) is 3.70. The van der Waals surface area contributed by atoms with Crippen LogP contribution < -0.4 is 5.73 Å². The fraction of sp³-hybridized carbons (Fsp3) is 0.125. The second-order valence-electron chi connectivity index (χ2n) is 2.48. The maximum absolute atomic E-state index is 13.1. The van der Waals surface area contributed by atoms with Crippen LogP contribution in [0, 0.1) is 11.2 Å². The Kier molecular flexibility index (Phi) is 2.33. The van der Waals surface area contributed by atoms with Crippen molar-refractivity contribution >= 4 is 23.0 Å². The third-order valence-electron chi connectivity index (χ3n) is 1.46. The van der Waals surface area contributed by atoms with Gasteiger partial charge in [0.25, 0.3) is 0 Å². The summed E-state index contributed by atoms with van der Waals surface area (Å²) in [5, 5.41) is 7.47. The molecule has 2 nitrogen and oxygen atoms in total. The average molecular weight is 187 g/mol. The Labute approximate surface area is 74.7 Å². The first-order valence-electron chi connectivity index (χ1n) is 3.32. The Morgan fingerprint density at radius 2 is 2.17 bits per heavy atom. The van der Waals surface area contributed by atoms with Crippen molar-refractivity contribution in [2.24, 2.45) is 0 Å². The monoisotopic (exact) mass is 186 g/mol. The molecule has 0 aliphatic rings. The lowest BCUT2D eigenvalue weighted by Crippen LogP contribution is -2.03. The highest BCUT2D eigenvalue weighted by molar-refractivity contribution is 6.31. The first-order chi connectivity index (χ1) is 5.52. The minimum atomic E-state index is -0.549. The van der Waals surface area contributed by atoms with Crippen molar-refractivity contribution in [3.63, 3.8) is 0 Å². The van der Waals surface area contributed by atoms with E-state index >= 15 is 0 Å². The Hall–Kier alpha value is -1.09. The van der Waals surface area contributed by atoms with E-state index in [9.17, 15) is 4.39 Å². The van der Waals surface area contributed by atoms with Gasteiger partial charge >= 0.3 is 0 Å². The van der Waals surface area contributed by atoms with Gasteiger partial charge in [-0.05, 0) is 19.1 Å². The molecule has 0 heterocycles. The lowest BCUT2D eigenvalue weighted by Gasteiger charge is -2.05. The van der Waals surface area contributed by atoms with Crippen molar-refractivity contribution in [1.82, 2.24) is 0 Å². The summed E-state index contributed by atoms with van der Waals surface area (Å²) < 4.78 is 13.1. The van der Waals surface area contributed by atoms with Crippen LogP contribution in [0.25, 0.3) is 0 Å². The topological polar surface area (TPSA) is 49.9 Å². The molecule has 4 heteroatoms. The molecule has 0 atom stereocenters. The summed E-state index contributed by atoms with van der Waals surface area (Å²) in [6.07, 6.45) is 0. The molecule has 0 fully saturated rings. The quantitative estimate of drug-likeness (QED) is 0.514. The van der Waals surface area contributed by atoms with Crippen molar-refractivity contribution in [2.45, 2.75) is 6.92 Å². The summed E-state index contributed by atoms with van der Waals surface area (Å²) in [5.41, 5.74) is 5.88. The van der Waals surface area contributed by atoms with E-state index in [1.165, 1.54) is 13.0 Å². The van der Waals surface area contributed by atoms with Crippen LogP contribution in [0.4, 0.5) is 10.1 Å². The molecule has 0 radical (unpaired) electrons. The highest BCUT2D eigenvalue weighted by Crippen LogP contribution is 2.22. The predicted octanol–water partition coefficient (Wildman–Crippen LogP) is 2.45. The van der Waals surface area contributed by atoms with E-state index < -0.39 is 5.82 Å². The van der Waals surface area contributed by atoms with Crippen molar-refractivity contribution in [3.05, 3.63) is 28.5 Å². The fourth-order valence-electron chi connectivity index (χ4n) is 0.989. The number of nitrogens with two attached hydrogens (primary N) is 1. The van der Waals surface area contributed by atoms with Gasteiger partial charge in [0.15, 0.2) is 0 Å². The van der Waals surface area contributed by atoms with Crippen LogP contribution in [0.2, 0.25) is 5.02 Å². The normalized spacial score (nSPS) is 9.92. The van der Waals surface area contributed by atoms with Crippen LogP contribution in [0.15, 0.2) is 12.1 Å². The van der Waals surface area contributed by atoms with Gasteiger partial charge in [0.1, 0.15) is 5.82 Å². The highest BCUT2D eigenvalue weighted by Gasteiger charge is 2.09. The van der Waals surface area contributed by atoms with Crippen molar-refractivity contribution in [1.29, 1.82) is 5.41 Å². The third-order valence-corrected chi connectivity index (χ3v) is 1.68. The molecule has 0 aromatic heterocycles. The molecule has 0 saturated carbocycles. The molecule has 64 valence electrons. The van der Waals surface area contributed by atoms with E-state index in [2.05, 4.69) is 0 Å². The first kappa shape index (κ1) is 9.00. The second-order valence-corrected chi connectivity index (χ2v) is 2.91. The van der Waals surface area contributed by atoms with Crippen LogP contribution in [0.1, 0.15) is 12.5 Å². The minimum Gasteiger partial charge on any atom is -0.398 e. The van der Waals surface area contributed by atoms with Crippen LogP contribution in [0.5, 0.6) is 0 Å². The van der Waals surface area contributed by atoms with Crippen LogP contribution in [-0.4, -0.2) is 5.71 Å². The molecule has 0 amide bonds. The van der Waals surface area contributed by atoms with Crippen LogP contribution in [0.3, 0.4) is 0 Å². The van der Waals surface area contributed by atoms with Crippen molar-refractivity contribution in [2.75, 3.05) is 5.73 Å². The van der Waals surface area contributed by atoms with Crippen molar-refractivity contribution < 1.29 is 4.39 Å². The smallest absolute Gasteiger partial charge is 0.135 e. The molecule has 0 saturated heterocycles. The van der Waals surface area contributed by atoms with Gasteiger partial charge in [-0.25, -0.2) is 4.39 Å². The zero-order chi connectivity index (χ0) is 9.30. The zero-order valence-corrected chi connectivity index (χ0v) is 7.24. The maximum Gasteiger partial charge on any atom is 0.135 e. The number of hydrogen-bond donors (Lipinski definition) is 2. The molecule has 0 aliphatic heterocycles. The van der Waals surface area contributed by atoms with Gasteiger partial charge in [-0.1, -0.05) is 11.6 Å². The Balaban J connectivity index is 3.38. The SMILES string of the molecule is CC(=N)c1c(N)cc(Cl)cc1F. The number of hydrogen-bond acceptors (Lipinski definition) is 2. The molecule has 1 aromatic carbocycles. The molecule has 0 spiro atoms. The van der Waals surface area contributed by atoms with E-state index in [4.69, 9.17) is 22.7 Å². The van der Waals surface area contributed by atoms with Gasteiger partial charge in [0, 0.05) is 16.4 Å². The van der Waals surface area contributed by atoms with Gasteiger partial charge in [-0.2, -0.15) is 0 Å². The van der Waals surface area contributed by atoms with E-state index in [0.717, 1.165) is 6.07 Å². The summed E-state index contributed by atoms with van der Waals surface area (Å²) in [4.78, 5) is 0. The molecule has 12 heavy (non-hydrogen) atoms. The molecular weight excluding hydrogens is 179 g/mol. The number of rotatable bonds is 1. The Morgan fingerprint density at radius 1 is 1.58 bits per heavy atom. The Morgan fingerprint density at radius 3 is 2.58 bits per heavy atom. The number of halogens is 2. The summed E-state index contributed by atoms with van der Waals surface area (Å²) in [6, 6.07) is 2.57. The van der Waals surface area contributed by atoms with Gasteiger partial charge in [-0.15, -0.1) is 0 Å². The van der Waals surface area contributed by atoms with Crippen LogP contribution in [-0.2, 0) is 0 Å². The molecule has 3 N–H and O–H groups in total. The molecular formula is C8H8ClFN2. The lowest BCUT2D eigenvalue weighted by atomic mass is 10.1. The van der Waals surface area contributed by atoms with E-state index in [1.807, 2.05) is 0 Å². The summed E-state index contributed by atoms with van der Waals surface area (Å²) in [7, 11) is 0. The summed E-state index contributed by atoms with van der Waals surface area (Å²) >= 11 is 5.54. The van der Waals surface area contributed by atoms with Crippen molar-refractivity contribution in [3.8, 4) is 0 Å². The standard InChI is InChI=1S/C8H8ClFN2/c1-4(11)8-6(10)2-5(9)3-7(8)12/h2-3,11H,12H2,1H3. The Bertz CT molecular complexity index is 313. The minimum absolute atomic E-state index is 0.0988. The van der Waals surface area contributed by atoms with Crippen LogP contribution >= 0.6 is 11.6 Å². The average Bonchev–Trinajstić information content (AvgIpc) is 1.82. The molecule has 1 rings (SSSR count). The second kappa shape index (κ2) is 3.11. The largest absolute Gasteiger partial charge is 0.398 e. The van der Waals surface area contributed by atoms with E-state index in [1.54, 1.807) is 0 Å². The van der Waals surface area contributed by atoms with E-state index in [0.29, 0.717) is 0 Å². The van der Waals surface area contributed by atoms with Gasteiger partial charge < -0.3 is 11.1 Å². The van der Waals surface area contributed by atoms with Gasteiger partial charge in [-0.3, -0.25) is 0 Å². The molecule has 0 aliphatic carbocycles. The predicted molar refractivity (Wildman–Crippen MR) is 48.3 cm³/mol. The van der Waals surface area contributed by atoms with E-state index in [-0.39, 0.29) is 22.0 Å². The molecule has 0 bridgehead atoms. The number of nitrogens with one attached hydrogen (secondary N) is 1. The third kappa shape index (κ3) is 1.56. The fourth-order valence-corrected chi connectivity index (χ4v) is 1.20. The number of benzene rings is 1. The maximum atomic E-state index is 13.1. The van der Waals surface area contributed by atoms with Gasteiger partial charge in [0.2, 0.25) is 0 Å². The summed E-state index contributed by atoms with van der Waals surface area (Å²) in [5.74, 6) is -0.549. The molecule has 1 aromatic rings. The summed E-state index contributed by atoms with van der Waals surface area (Å²) in [6.45, 7) is 1.47. The number of nitrogen functional groups attached to an aromatic ring is 1. The highest BCUT2D eigenvalue weighted by atomic mass is 35.5. The van der Waals surface area contributed by atoms with Gasteiger partial charge in [0.05, 0.1) is 5.56 Å². The number of anilines is 1. The molecule has 0 unspecified atom stereocenters. The lowest BCUT2D eigenvalue weighted by molar-refractivity contribution is 0.626. The zero-order valence-electron chi connectivity index (χ0n) is 6.49.